The van der Waals surface area contributed by atoms with Gasteiger partial charge in [-0.2, -0.15) is 0 Å². The molecule has 88 valence electrons. The minimum absolute atomic E-state index is 1.14. The van der Waals surface area contributed by atoms with E-state index in [-0.39, 0.29) is 0 Å². The highest BCUT2D eigenvalue weighted by atomic mass is 79.9. The SMILES string of the molecule is Brc1ccccc1-c1ccccc1.O=C(O)O. The van der Waals surface area contributed by atoms with Crippen molar-refractivity contribution in [3.63, 3.8) is 0 Å². The number of halogens is 1. The van der Waals surface area contributed by atoms with E-state index >= 15 is 0 Å². The highest BCUT2D eigenvalue weighted by Gasteiger charge is 1.99. The molecule has 0 bridgehead atoms. The molecule has 2 aromatic carbocycles. The first-order valence-corrected chi connectivity index (χ1v) is 5.62. The number of benzene rings is 2. The van der Waals surface area contributed by atoms with Gasteiger partial charge in [-0.25, -0.2) is 4.79 Å². The van der Waals surface area contributed by atoms with Crippen molar-refractivity contribution in [2.24, 2.45) is 0 Å². The van der Waals surface area contributed by atoms with E-state index in [9.17, 15) is 0 Å². The average molecular weight is 295 g/mol. The molecule has 2 aromatic rings. The summed E-state index contributed by atoms with van der Waals surface area (Å²) in [6.45, 7) is 0. The van der Waals surface area contributed by atoms with Crippen LogP contribution in [-0.2, 0) is 0 Å². The Morgan fingerprint density at radius 3 is 1.88 bits per heavy atom. The van der Waals surface area contributed by atoms with E-state index in [0.717, 1.165) is 4.47 Å². The van der Waals surface area contributed by atoms with Crippen molar-refractivity contribution in [2.75, 3.05) is 0 Å². The number of carboxylic acid groups (broad SMARTS) is 2. The van der Waals surface area contributed by atoms with Crippen molar-refractivity contribution < 1.29 is 15.0 Å². The van der Waals surface area contributed by atoms with Gasteiger partial charge in [0.2, 0.25) is 0 Å². The zero-order valence-electron chi connectivity index (χ0n) is 8.88. The standard InChI is InChI=1S/C12H9Br.CH2O3/c13-12-9-5-4-8-11(12)10-6-2-1-3-7-10;2-1(3)4/h1-9H;(H2,2,3,4). The molecule has 0 atom stereocenters. The minimum Gasteiger partial charge on any atom is -0.450 e. The number of hydrogen-bond acceptors (Lipinski definition) is 1. The highest BCUT2D eigenvalue weighted by Crippen LogP contribution is 2.27. The largest absolute Gasteiger partial charge is 0.503 e. The summed E-state index contributed by atoms with van der Waals surface area (Å²) in [5, 5.41) is 13.9. The van der Waals surface area contributed by atoms with E-state index in [1.165, 1.54) is 11.1 Å². The van der Waals surface area contributed by atoms with Gasteiger partial charge in [-0.05, 0) is 17.2 Å². The van der Waals surface area contributed by atoms with Gasteiger partial charge in [0, 0.05) is 4.47 Å². The third-order valence-corrected chi connectivity index (χ3v) is 2.65. The lowest BCUT2D eigenvalue weighted by atomic mass is 10.1. The molecule has 0 radical (unpaired) electrons. The van der Waals surface area contributed by atoms with Crippen LogP contribution in [0, 0.1) is 0 Å². The van der Waals surface area contributed by atoms with Crippen LogP contribution in [-0.4, -0.2) is 16.4 Å². The van der Waals surface area contributed by atoms with Crippen LogP contribution in [0.5, 0.6) is 0 Å². The molecule has 0 aliphatic heterocycles. The van der Waals surface area contributed by atoms with Crippen LogP contribution in [0.4, 0.5) is 4.79 Å². The van der Waals surface area contributed by atoms with Gasteiger partial charge in [0.1, 0.15) is 0 Å². The molecule has 0 heterocycles. The minimum atomic E-state index is -1.83. The van der Waals surface area contributed by atoms with Crippen molar-refractivity contribution in [3.05, 3.63) is 59.1 Å². The van der Waals surface area contributed by atoms with Gasteiger partial charge in [-0.15, -0.1) is 0 Å². The smallest absolute Gasteiger partial charge is 0.450 e. The van der Waals surface area contributed by atoms with Crippen molar-refractivity contribution in [3.8, 4) is 11.1 Å². The molecule has 0 saturated carbocycles. The Labute approximate surface area is 107 Å². The summed E-state index contributed by atoms with van der Waals surface area (Å²) < 4.78 is 1.14. The molecule has 0 aromatic heterocycles. The monoisotopic (exact) mass is 294 g/mol. The van der Waals surface area contributed by atoms with Crippen molar-refractivity contribution in [1.29, 1.82) is 0 Å². The van der Waals surface area contributed by atoms with E-state index in [0.29, 0.717) is 0 Å². The summed E-state index contributed by atoms with van der Waals surface area (Å²) >= 11 is 3.53. The molecular formula is C13H11BrO3. The summed E-state index contributed by atoms with van der Waals surface area (Å²) in [5.41, 5.74) is 2.48. The lowest BCUT2D eigenvalue weighted by molar-refractivity contribution is 0.137. The Morgan fingerprint density at radius 1 is 0.882 bits per heavy atom. The van der Waals surface area contributed by atoms with Gasteiger partial charge in [0.15, 0.2) is 0 Å². The zero-order valence-corrected chi connectivity index (χ0v) is 10.5. The lowest BCUT2D eigenvalue weighted by Crippen LogP contribution is -1.81. The van der Waals surface area contributed by atoms with Crippen molar-refractivity contribution in [1.82, 2.24) is 0 Å². The number of rotatable bonds is 1. The second-order valence-electron chi connectivity index (χ2n) is 3.13. The third kappa shape index (κ3) is 4.70. The Balaban J connectivity index is 0.000000317. The van der Waals surface area contributed by atoms with Gasteiger partial charge < -0.3 is 10.2 Å². The van der Waals surface area contributed by atoms with Gasteiger partial charge >= 0.3 is 6.16 Å². The molecule has 17 heavy (non-hydrogen) atoms. The molecule has 0 amide bonds. The van der Waals surface area contributed by atoms with E-state index in [2.05, 4.69) is 52.3 Å². The van der Waals surface area contributed by atoms with Crippen LogP contribution in [0.25, 0.3) is 11.1 Å². The van der Waals surface area contributed by atoms with Gasteiger partial charge in [0.05, 0.1) is 0 Å². The predicted molar refractivity (Wildman–Crippen MR) is 70.2 cm³/mol. The Morgan fingerprint density at radius 2 is 1.35 bits per heavy atom. The molecule has 3 nitrogen and oxygen atoms in total. The van der Waals surface area contributed by atoms with Crippen LogP contribution in [0.3, 0.4) is 0 Å². The highest BCUT2D eigenvalue weighted by molar-refractivity contribution is 9.10. The van der Waals surface area contributed by atoms with Crippen molar-refractivity contribution in [2.45, 2.75) is 0 Å². The topological polar surface area (TPSA) is 57.5 Å². The molecule has 2 N–H and O–H groups in total. The fourth-order valence-corrected chi connectivity index (χ4v) is 1.83. The van der Waals surface area contributed by atoms with Gasteiger partial charge in [-0.1, -0.05) is 64.5 Å². The summed E-state index contributed by atoms with van der Waals surface area (Å²) in [6, 6.07) is 18.6. The molecule has 0 aliphatic carbocycles. The Kier molecular flexibility index (Phi) is 5.23. The van der Waals surface area contributed by atoms with Crippen molar-refractivity contribution >= 4 is 22.1 Å². The van der Waals surface area contributed by atoms with Crippen LogP contribution in [0.1, 0.15) is 0 Å². The fraction of sp³-hybridized carbons (Fsp3) is 0. The van der Waals surface area contributed by atoms with Crippen LogP contribution >= 0.6 is 15.9 Å². The summed E-state index contributed by atoms with van der Waals surface area (Å²) in [5.74, 6) is 0. The van der Waals surface area contributed by atoms with E-state index in [4.69, 9.17) is 15.0 Å². The normalized spacial score (nSPS) is 9.00. The molecule has 0 aliphatic rings. The first-order chi connectivity index (χ1) is 8.11. The van der Waals surface area contributed by atoms with Crippen LogP contribution in [0.2, 0.25) is 0 Å². The zero-order chi connectivity index (χ0) is 12.7. The first kappa shape index (κ1) is 13.3. The average Bonchev–Trinajstić information content (AvgIpc) is 2.30. The predicted octanol–water partition coefficient (Wildman–Crippen LogP) is 4.34. The van der Waals surface area contributed by atoms with Crippen LogP contribution in [0.15, 0.2) is 59.1 Å². The quantitative estimate of drug-likeness (QED) is 0.822. The van der Waals surface area contributed by atoms with E-state index in [1.54, 1.807) is 0 Å². The molecule has 0 unspecified atom stereocenters. The second-order valence-corrected chi connectivity index (χ2v) is 3.98. The fourth-order valence-electron chi connectivity index (χ4n) is 1.31. The summed E-state index contributed by atoms with van der Waals surface area (Å²) in [4.78, 5) is 8.56. The molecule has 2 rings (SSSR count). The number of carbonyl (C=O) groups is 1. The maximum absolute atomic E-state index is 8.56. The van der Waals surface area contributed by atoms with Gasteiger partial charge in [-0.3, -0.25) is 0 Å². The van der Waals surface area contributed by atoms with Gasteiger partial charge in [0.25, 0.3) is 0 Å². The molecular weight excluding hydrogens is 284 g/mol. The third-order valence-electron chi connectivity index (χ3n) is 1.96. The lowest BCUT2D eigenvalue weighted by Gasteiger charge is -2.02. The van der Waals surface area contributed by atoms with E-state index in [1.807, 2.05) is 18.2 Å². The maximum Gasteiger partial charge on any atom is 0.503 e. The summed E-state index contributed by atoms with van der Waals surface area (Å²) in [7, 11) is 0. The Bertz CT molecular complexity index is 479. The maximum atomic E-state index is 8.56. The molecule has 0 fully saturated rings. The van der Waals surface area contributed by atoms with E-state index < -0.39 is 6.16 Å². The Hall–Kier alpha value is -1.81. The second kappa shape index (κ2) is 6.70. The first-order valence-electron chi connectivity index (χ1n) is 4.83. The molecule has 0 spiro atoms. The van der Waals surface area contributed by atoms with Crippen LogP contribution < -0.4 is 0 Å². The molecule has 4 heteroatoms. The molecule has 0 saturated heterocycles. The summed E-state index contributed by atoms with van der Waals surface area (Å²) in [6.07, 6.45) is -1.83. The number of hydrogen-bond donors (Lipinski definition) is 2.